The topological polar surface area (TPSA) is 66.8 Å². The van der Waals surface area contributed by atoms with Crippen LogP contribution in [0, 0.1) is 0 Å². The molecular weight excluding hydrogens is 390 g/mol. The van der Waals surface area contributed by atoms with Crippen molar-refractivity contribution in [2.24, 2.45) is 0 Å². The summed E-state index contributed by atoms with van der Waals surface area (Å²) in [7, 11) is 1.49. The fourth-order valence-electron chi connectivity index (χ4n) is 4.19. The van der Waals surface area contributed by atoms with Gasteiger partial charge in [0.25, 0.3) is 5.91 Å². The van der Waals surface area contributed by atoms with E-state index in [2.05, 4.69) is 12.1 Å². The first-order valence-corrected chi connectivity index (χ1v) is 10.4. The number of aryl methyl sites for hydroxylation is 1. The van der Waals surface area contributed by atoms with Crippen LogP contribution in [-0.2, 0) is 16.8 Å². The van der Waals surface area contributed by atoms with Crippen molar-refractivity contribution >= 4 is 17.4 Å². The molecule has 0 bridgehead atoms. The van der Waals surface area contributed by atoms with Gasteiger partial charge in [0.15, 0.2) is 11.4 Å². The highest BCUT2D eigenvalue weighted by Crippen LogP contribution is 2.43. The van der Waals surface area contributed by atoms with Crippen molar-refractivity contribution in [1.29, 1.82) is 0 Å². The van der Waals surface area contributed by atoms with Gasteiger partial charge in [-0.15, -0.1) is 0 Å². The van der Waals surface area contributed by atoms with Gasteiger partial charge in [-0.3, -0.25) is 9.59 Å². The van der Waals surface area contributed by atoms with Crippen molar-refractivity contribution in [1.82, 2.24) is 0 Å². The number of carbonyl (C=O) groups excluding carboxylic acids is 2. The number of benzene rings is 3. The lowest BCUT2D eigenvalue weighted by atomic mass is 9.88. The lowest BCUT2D eigenvalue weighted by Crippen LogP contribution is -2.42. The molecule has 158 valence electrons. The van der Waals surface area contributed by atoms with Gasteiger partial charge in [-0.25, -0.2) is 0 Å². The van der Waals surface area contributed by atoms with Gasteiger partial charge in [0, 0.05) is 12.1 Å². The SMILES string of the molecule is COc1ccccc1C(=O)C[C@]1(O)C(=O)N(CCCc2ccccc2)c2ccccc21. The van der Waals surface area contributed by atoms with Crippen LogP contribution in [0.5, 0.6) is 5.75 Å². The molecule has 0 saturated carbocycles. The largest absolute Gasteiger partial charge is 0.496 e. The van der Waals surface area contributed by atoms with Gasteiger partial charge in [0.2, 0.25) is 0 Å². The molecule has 5 nitrogen and oxygen atoms in total. The van der Waals surface area contributed by atoms with Gasteiger partial charge in [-0.2, -0.15) is 0 Å². The van der Waals surface area contributed by atoms with E-state index in [1.54, 1.807) is 41.3 Å². The van der Waals surface area contributed by atoms with Crippen molar-refractivity contribution in [3.8, 4) is 5.75 Å². The van der Waals surface area contributed by atoms with Gasteiger partial charge in [-0.05, 0) is 36.6 Å². The van der Waals surface area contributed by atoms with Crippen molar-refractivity contribution in [2.75, 3.05) is 18.6 Å². The van der Waals surface area contributed by atoms with E-state index in [9.17, 15) is 14.7 Å². The highest BCUT2D eigenvalue weighted by molar-refractivity contribution is 6.11. The molecule has 31 heavy (non-hydrogen) atoms. The minimum Gasteiger partial charge on any atom is -0.496 e. The minimum atomic E-state index is -1.89. The number of fused-ring (bicyclic) bond motifs is 1. The number of para-hydroxylation sites is 2. The van der Waals surface area contributed by atoms with Crippen LogP contribution in [0.25, 0.3) is 0 Å². The first-order valence-electron chi connectivity index (χ1n) is 10.4. The molecule has 3 aromatic rings. The maximum Gasteiger partial charge on any atom is 0.264 e. The summed E-state index contributed by atoms with van der Waals surface area (Å²) in [6, 6.07) is 24.1. The van der Waals surface area contributed by atoms with Crippen molar-refractivity contribution in [2.45, 2.75) is 24.9 Å². The molecule has 0 fully saturated rings. The number of nitrogens with zero attached hydrogens (tertiary/aromatic N) is 1. The maximum absolute atomic E-state index is 13.3. The summed E-state index contributed by atoms with van der Waals surface area (Å²) in [5.41, 5.74) is 0.801. The van der Waals surface area contributed by atoms with Gasteiger partial charge < -0.3 is 14.7 Å². The highest BCUT2D eigenvalue weighted by Gasteiger charge is 2.50. The Morgan fingerprint density at radius 3 is 2.42 bits per heavy atom. The molecule has 1 aliphatic heterocycles. The van der Waals surface area contributed by atoms with E-state index in [0.29, 0.717) is 29.1 Å². The van der Waals surface area contributed by atoms with Gasteiger partial charge in [-0.1, -0.05) is 60.7 Å². The number of ether oxygens (including phenoxy) is 1. The van der Waals surface area contributed by atoms with Crippen LogP contribution in [0.15, 0.2) is 78.9 Å². The third-order valence-corrected chi connectivity index (χ3v) is 5.75. The van der Waals surface area contributed by atoms with E-state index in [1.165, 1.54) is 12.7 Å². The molecule has 1 amide bonds. The molecule has 1 N–H and O–H groups in total. The molecule has 0 aromatic heterocycles. The monoisotopic (exact) mass is 415 g/mol. The second-order valence-corrected chi connectivity index (χ2v) is 7.72. The summed E-state index contributed by atoms with van der Waals surface area (Å²) in [5, 5.41) is 11.4. The molecule has 0 radical (unpaired) electrons. The molecule has 0 aliphatic carbocycles. The molecule has 0 spiro atoms. The lowest BCUT2D eigenvalue weighted by molar-refractivity contribution is -0.135. The number of rotatable bonds is 8. The normalized spacial score (nSPS) is 17.5. The number of amides is 1. The summed E-state index contributed by atoms with van der Waals surface area (Å²) in [5.74, 6) is -0.367. The van der Waals surface area contributed by atoms with E-state index in [4.69, 9.17) is 4.74 Å². The van der Waals surface area contributed by atoms with Crippen LogP contribution >= 0.6 is 0 Å². The Bertz CT molecular complexity index is 1100. The number of hydrogen-bond acceptors (Lipinski definition) is 4. The average molecular weight is 415 g/mol. The van der Waals surface area contributed by atoms with E-state index >= 15 is 0 Å². The first kappa shape index (κ1) is 20.8. The van der Waals surface area contributed by atoms with Gasteiger partial charge in [0.05, 0.1) is 24.8 Å². The smallest absolute Gasteiger partial charge is 0.264 e. The summed E-state index contributed by atoms with van der Waals surface area (Å²) in [4.78, 5) is 28.0. The summed E-state index contributed by atoms with van der Waals surface area (Å²) in [6.07, 6.45) is 1.24. The van der Waals surface area contributed by atoms with Crippen LogP contribution < -0.4 is 9.64 Å². The number of Topliss-reactive ketones (excluding diaryl/α,β-unsaturated/α-hetero) is 1. The number of hydrogen-bond donors (Lipinski definition) is 1. The minimum absolute atomic E-state index is 0.335. The Balaban J connectivity index is 1.56. The Morgan fingerprint density at radius 1 is 0.968 bits per heavy atom. The fraction of sp³-hybridized carbons (Fsp3) is 0.231. The summed E-state index contributed by atoms with van der Waals surface area (Å²) in [6.45, 7) is 0.468. The third-order valence-electron chi connectivity index (χ3n) is 5.75. The standard InChI is InChI=1S/C26H25NO4/c1-31-24-16-8-5-13-20(24)23(28)18-26(30)21-14-6-7-15-22(21)27(25(26)29)17-9-12-19-10-3-2-4-11-19/h2-8,10-11,13-16,30H,9,12,17-18H2,1H3/t26-/m1/s1. The molecule has 3 aromatic carbocycles. The van der Waals surface area contributed by atoms with Crippen LogP contribution in [0.2, 0.25) is 0 Å². The number of aliphatic hydroxyl groups is 1. The molecular formula is C26H25NO4. The summed E-state index contributed by atoms with van der Waals surface area (Å²) >= 11 is 0. The van der Waals surface area contributed by atoms with E-state index < -0.39 is 11.5 Å². The Hall–Kier alpha value is -3.44. The second-order valence-electron chi connectivity index (χ2n) is 7.72. The molecule has 4 rings (SSSR count). The zero-order chi connectivity index (χ0) is 21.8. The molecule has 1 atom stereocenters. The molecule has 0 unspecified atom stereocenters. The molecule has 0 saturated heterocycles. The van der Waals surface area contributed by atoms with E-state index in [1.807, 2.05) is 30.3 Å². The Labute approximate surface area is 181 Å². The van der Waals surface area contributed by atoms with Gasteiger partial charge >= 0.3 is 0 Å². The quantitative estimate of drug-likeness (QED) is 0.562. The van der Waals surface area contributed by atoms with E-state index in [-0.39, 0.29) is 12.2 Å². The zero-order valence-electron chi connectivity index (χ0n) is 17.5. The maximum atomic E-state index is 13.3. The highest BCUT2D eigenvalue weighted by atomic mass is 16.5. The van der Waals surface area contributed by atoms with Gasteiger partial charge in [0.1, 0.15) is 5.75 Å². The van der Waals surface area contributed by atoms with Crippen molar-refractivity contribution in [3.63, 3.8) is 0 Å². The van der Waals surface area contributed by atoms with Crippen LogP contribution in [0.4, 0.5) is 5.69 Å². The number of anilines is 1. The van der Waals surface area contributed by atoms with Crippen LogP contribution in [0.3, 0.4) is 0 Å². The zero-order valence-corrected chi connectivity index (χ0v) is 17.5. The number of methoxy groups -OCH3 is 1. The second kappa shape index (κ2) is 8.74. The van der Waals surface area contributed by atoms with Crippen molar-refractivity contribution in [3.05, 3.63) is 95.6 Å². The first-order chi connectivity index (χ1) is 15.0. The predicted octanol–water partition coefficient (Wildman–Crippen LogP) is 4.14. The molecule has 1 heterocycles. The Kier molecular flexibility index (Phi) is 5.87. The van der Waals surface area contributed by atoms with Crippen LogP contribution in [0.1, 0.15) is 34.3 Å². The van der Waals surface area contributed by atoms with Crippen LogP contribution in [-0.4, -0.2) is 30.5 Å². The fourth-order valence-corrected chi connectivity index (χ4v) is 4.19. The van der Waals surface area contributed by atoms with Crippen molar-refractivity contribution < 1.29 is 19.4 Å². The molecule has 1 aliphatic rings. The molecule has 5 heteroatoms. The predicted molar refractivity (Wildman–Crippen MR) is 119 cm³/mol. The number of ketones is 1. The lowest BCUT2D eigenvalue weighted by Gasteiger charge is -2.23. The third kappa shape index (κ3) is 3.97. The average Bonchev–Trinajstić information content (AvgIpc) is 3.01. The van der Waals surface area contributed by atoms with E-state index in [0.717, 1.165) is 12.8 Å². The number of carbonyl (C=O) groups is 2. The Morgan fingerprint density at radius 2 is 1.65 bits per heavy atom. The summed E-state index contributed by atoms with van der Waals surface area (Å²) < 4.78 is 5.28.